The van der Waals surface area contributed by atoms with Crippen LogP contribution < -0.4 is 14.8 Å². The number of rotatable bonds is 15. The van der Waals surface area contributed by atoms with Gasteiger partial charge in [0.05, 0.1) is 26.5 Å². The highest BCUT2D eigenvalue weighted by Gasteiger charge is 2.23. The van der Waals surface area contributed by atoms with Gasteiger partial charge in [-0.25, -0.2) is 13.6 Å². The Morgan fingerprint density at radius 2 is 1.77 bits per heavy atom. The second kappa shape index (κ2) is 15.8. The molecule has 216 valence electrons. The number of benzene rings is 2. The molecule has 40 heavy (non-hydrogen) atoms. The minimum atomic E-state index is -0.900. The van der Waals surface area contributed by atoms with Crippen molar-refractivity contribution in [2.24, 2.45) is 0 Å². The lowest BCUT2D eigenvalue weighted by Gasteiger charge is -2.28. The van der Waals surface area contributed by atoms with Gasteiger partial charge in [-0.1, -0.05) is 12.1 Å². The van der Waals surface area contributed by atoms with Crippen LogP contribution in [0.2, 0.25) is 0 Å². The molecule has 3 amide bonds. The summed E-state index contributed by atoms with van der Waals surface area (Å²) < 4.78 is 43.6. The number of ether oxygens (including phenoxy) is 3. The molecule has 0 atom stereocenters. The number of urea groups is 1. The van der Waals surface area contributed by atoms with E-state index >= 15 is 0 Å². The van der Waals surface area contributed by atoms with Gasteiger partial charge in [0.1, 0.15) is 18.2 Å². The molecule has 1 N–H and O–H groups in total. The van der Waals surface area contributed by atoms with Crippen LogP contribution in [0, 0.1) is 11.6 Å². The fourth-order valence-electron chi connectivity index (χ4n) is 3.99. The van der Waals surface area contributed by atoms with E-state index in [1.54, 1.807) is 19.1 Å². The molecule has 0 aliphatic heterocycles. The molecular weight excluding hydrogens is 540 g/mol. The molecule has 0 saturated heterocycles. The molecule has 1 aromatic heterocycles. The number of nitrogens with one attached hydrogen (secondary N) is 1. The summed E-state index contributed by atoms with van der Waals surface area (Å²) in [6.45, 7) is 3.55. The van der Waals surface area contributed by atoms with Gasteiger partial charge in [-0.2, -0.15) is 0 Å². The minimum Gasteiger partial charge on any atom is -0.493 e. The van der Waals surface area contributed by atoms with Crippen molar-refractivity contribution >= 4 is 29.0 Å². The van der Waals surface area contributed by atoms with E-state index in [1.807, 2.05) is 42.6 Å². The fraction of sp³-hybridized carbons (Fsp3) is 0.379. The van der Waals surface area contributed by atoms with Crippen LogP contribution in [0.1, 0.15) is 23.8 Å². The molecule has 0 aliphatic carbocycles. The molecule has 0 bridgehead atoms. The molecule has 11 heteroatoms. The number of anilines is 1. The van der Waals surface area contributed by atoms with Gasteiger partial charge in [-0.3, -0.25) is 4.79 Å². The number of hydrogen-bond donors (Lipinski definition) is 1. The van der Waals surface area contributed by atoms with E-state index in [4.69, 9.17) is 14.2 Å². The smallest absolute Gasteiger partial charge is 0.322 e. The van der Waals surface area contributed by atoms with Crippen LogP contribution >= 0.6 is 11.3 Å². The van der Waals surface area contributed by atoms with Gasteiger partial charge >= 0.3 is 6.03 Å². The summed E-state index contributed by atoms with van der Waals surface area (Å²) in [5, 5.41) is 4.40. The summed E-state index contributed by atoms with van der Waals surface area (Å²) in [6.07, 6.45) is 1.03. The summed E-state index contributed by atoms with van der Waals surface area (Å²) in [6, 6.07) is 11.7. The Kier molecular flexibility index (Phi) is 12.2. The first-order valence-electron chi connectivity index (χ1n) is 12.9. The SMILES string of the molecule is CCOCCCN(CC(=O)N(CCc1ccc(OC)c(OC)c1)Cc1cccs1)C(=O)Nc1ccc(F)cc1F. The highest BCUT2D eigenvalue weighted by Crippen LogP contribution is 2.28. The Bertz CT molecular complexity index is 1240. The number of nitrogens with zero attached hydrogens (tertiary/aromatic N) is 2. The van der Waals surface area contributed by atoms with Crippen molar-refractivity contribution < 1.29 is 32.6 Å². The maximum absolute atomic E-state index is 14.2. The summed E-state index contributed by atoms with van der Waals surface area (Å²) in [5.74, 6) is -0.702. The molecule has 0 fully saturated rings. The predicted molar refractivity (Wildman–Crippen MR) is 151 cm³/mol. The third kappa shape index (κ3) is 9.20. The highest BCUT2D eigenvalue weighted by atomic mass is 32.1. The summed E-state index contributed by atoms with van der Waals surface area (Å²) >= 11 is 1.54. The van der Waals surface area contributed by atoms with Crippen LogP contribution in [-0.2, 0) is 22.5 Å². The van der Waals surface area contributed by atoms with Gasteiger partial charge in [0.2, 0.25) is 5.91 Å². The number of amides is 3. The summed E-state index contributed by atoms with van der Waals surface area (Å²) in [4.78, 5) is 30.7. The van der Waals surface area contributed by atoms with E-state index in [-0.39, 0.29) is 24.7 Å². The Hall–Kier alpha value is -3.70. The zero-order valence-corrected chi connectivity index (χ0v) is 23.8. The number of hydrogen-bond acceptors (Lipinski definition) is 6. The lowest BCUT2D eigenvalue weighted by Crippen LogP contribution is -2.45. The molecule has 0 spiro atoms. The van der Waals surface area contributed by atoms with Crippen LogP contribution in [0.5, 0.6) is 11.5 Å². The lowest BCUT2D eigenvalue weighted by atomic mass is 10.1. The third-order valence-electron chi connectivity index (χ3n) is 6.10. The van der Waals surface area contributed by atoms with Gasteiger partial charge < -0.3 is 29.3 Å². The summed E-state index contributed by atoms with van der Waals surface area (Å²) in [7, 11) is 3.14. The van der Waals surface area contributed by atoms with E-state index in [0.29, 0.717) is 56.7 Å². The first-order chi connectivity index (χ1) is 19.3. The van der Waals surface area contributed by atoms with E-state index in [2.05, 4.69) is 5.32 Å². The Balaban J connectivity index is 1.75. The molecule has 0 unspecified atom stereocenters. The standard InChI is InChI=1S/C29H35F2N3O5S/c1-4-39-15-6-13-34(29(36)32-25-10-9-22(30)18-24(25)31)20-28(35)33(19-23-7-5-16-40-23)14-12-21-8-11-26(37-2)27(17-21)38-3/h5,7-11,16-18H,4,6,12-15,19-20H2,1-3H3,(H,32,36). The first kappa shape index (κ1) is 30.8. The first-order valence-corrected chi connectivity index (χ1v) is 13.8. The number of carbonyl (C=O) groups is 2. The normalized spacial score (nSPS) is 10.7. The Labute approximate surface area is 237 Å². The van der Waals surface area contributed by atoms with Crippen molar-refractivity contribution in [2.75, 3.05) is 52.4 Å². The quantitative estimate of drug-likeness (QED) is 0.240. The van der Waals surface area contributed by atoms with Crippen LogP contribution in [0.15, 0.2) is 53.9 Å². The molecule has 0 aliphatic rings. The second-order valence-corrected chi connectivity index (χ2v) is 9.89. The van der Waals surface area contributed by atoms with Gasteiger partial charge in [0.15, 0.2) is 11.5 Å². The van der Waals surface area contributed by atoms with Crippen molar-refractivity contribution in [1.82, 2.24) is 9.80 Å². The molecule has 3 rings (SSSR count). The second-order valence-electron chi connectivity index (χ2n) is 8.86. The van der Waals surface area contributed by atoms with Crippen LogP contribution in [0.4, 0.5) is 19.3 Å². The molecule has 3 aromatic rings. The molecule has 0 radical (unpaired) electrons. The highest BCUT2D eigenvalue weighted by molar-refractivity contribution is 7.09. The van der Waals surface area contributed by atoms with Crippen LogP contribution in [0.3, 0.4) is 0 Å². The van der Waals surface area contributed by atoms with Crippen molar-refractivity contribution in [3.8, 4) is 11.5 Å². The van der Waals surface area contributed by atoms with Crippen molar-refractivity contribution in [3.05, 3.63) is 76.0 Å². The molecule has 2 aromatic carbocycles. The number of thiophene rings is 1. The predicted octanol–water partition coefficient (Wildman–Crippen LogP) is 5.58. The van der Waals surface area contributed by atoms with Crippen molar-refractivity contribution in [1.29, 1.82) is 0 Å². The minimum absolute atomic E-state index is 0.169. The fourth-order valence-corrected chi connectivity index (χ4v) is 4.70. The lowest BCUT2D eigenvalue weighted by molar-refractivity contribution is -0.132. The van der Waals surface area contributed by atoms with E-state index in [1.165, 1.54) is 16.2 Å². The topological polar surface area (TPSA) is 80.3 Å². The maximum atomic E-state index is 14.2. The Morgan fingerprint density at radius 1 is 0.975 bits per heavy atom. The molecular formula is C29H35F2N3O5S. The van der Waals surface area contributed by atoms with Crippen LogP contribution in [0.25, 0.3) is 0 Å². The van der Waals surface area contributed by atoms with Gasteiger partial charge in [0, 0.05) is 37.2 Å². The van der Waals surface area contributed by atoms with E-state index < -0.39 is 17.7 Å². The van der Waals surface area contributed by atoms with Crippen molar-refractivity contribution in [2.45, 2.75) is 26.3 Å². The molecule has 8 nitrogen and oxygen atoms in total. The van der Waals surface area contributed by atoms with Gasteiger partial charge in [-0.05, 0) is 61.0 Å². The third-order valence-corrected chi connectivity index (χ3v) is 6.97. The molecule has 0 saturated carbocycles. The average Bonchev–Trinajstić information content (AvgIpc) is 3.47. The van der Waals surface area contributed by atoms with Gasteiger partial charge in [0.25, 0.3) is 0 Å². The van der Waals surface area contributed by atoms with Gasteiger partial charge in [-0.15, -0.1) is 11.3 Å². The largest absolute Gasteiger partial charge is 0.493 e. The van der Waals surface area contributed by atoms with E-state index in [0.717, 1.165) is 22.6 Å². The Morgan fingerprint density at radius 3 is 2.45 bits per heavy atom. The number of halogens is 2. The zero-order chi connectivity index (χ0) is 28.9. The van der Waals surface area contributed by atoms with E-state index in [9.17, 15) is 18.4 Å². The average molecular weight is 576 g/mol. The summed E-state index contributed by atoms with van der Waals surface area (Å²) in [5.41, 5.74) is 0.789. The number of carbonyl (C=O) groups excluding carboxylic acids is 2. The van der Waals surface area contributed by atoms with Crippen LogP contribution in [-0.4, -0.2) is 68.8 Å². The molecule has 1 heterocycles. The van der Waals surface area contributed by atoms with Crippen molar-refractivity contribution in [3.63, 3.8) is 0 Å². The maximum Gasteiger partial charge on any atom is 0.322 e. The number of methoxy groups -OCH3 is 2. The zero-order valence-electron chi connectivity index (χ0n) is 23.0. The monoisotopic (exact) mass is 575 g/mol.